The Kier molecular flexibility index (Phi) is 11.2. The summed E-state index contributed by atoms with van der Waals surface area (Å²) in [5, 5.41) is 9.06. The second-order valence-electron chi connectivity index (χ2n) is 10.8. The quantitative estimate of drug-likeness (QED) is 0.114. The number of halogens is 1. The molecule has 0 fully saturated rings. The monoisotopic (exact) mass is 623 g/mol. The number of benzene rings is 4. The molecule has 0 bridgehead atoms. The smallest absolute Gasteiger partial charge is 0.266 e. The van der Waals surface area contributed by atoms with Gasteiger partial charge >= 0.3 is 0 Å². The van der Waals surface area contributed by atoms with E-state index in [9.17, 15) is 9.18 Å². The molecule has 4 aromatic carbocycles. The molecule has 1 amide bonds. The molecule has 0 radical (unpaired) electrons. The summed E-state index contributed by atoms with van der Waals surface area (Å²) in [7, 11) is 1.59. The van der Waals surface area contributed by atoms with Crippen molar-refractivity contribution >= 4 is 17.9 Å². The first-order valence-corrected chi connectivity index (χ1v) is 15.3. The van der Waals surface area contributed by atoms with Gasteiger partial charge in [-0.2, -0.15) is 0 Å². The van der Waals surface area contributed by atoms with Crippen LogP contribution in [0.4, 0.5) is 4.39 Å². The molecule has 46 heavy (non-hydrogen) atoms. The van der Waals surface area contributed by atoms with Gasteiger partial charge in [0, 0.05) is 31.6 Å². The highest BCUT2D eigenvalue weighted by atomic mass is 19.1. The Morgan fingerprint density at radius 1 is 1.00 bits per heavy atom. The van der Waals surface area contributed by atoms with Crippen LogP contribution in [0.2, 0.25) is 0 Å². The van der Waals surface area contributed by atoms with Crippen LogP contribution in [-0.4, -0.2) is 49.3 Å². The molecule has 4 aromatic rings. The number of aliphatic imine (C=N–C) groups is 1. The summed E-state index contributed by atoms with van der Waals surface area (Å²) < 4.78 is 31.9. The van der Waals surface area contributed by atoms with Gasteiger partial charge in [-0.05, 0) is 65.6 Å². The summed E-state index contributed by atoms with van der Waals surface area (Å²) >= 11 is 0. The van der Waals surface area contributed by atoms with Gasteiger partial charge in [-0.1, -0.05) is 72.8 Å². The van der Waals surface area contributed by atoms with Gasteiger partial charge in [0.15, 0.2) is 11.6 Å². The minimum absolute atomic E-state index is 0.0508. The Balaban J connectivity index is 1.47. The molecule has 8 nitrogen and oxygen atoms in total. The van der Waals surface area contributed by atoms with E-state index in [2.05, 4.69) is 10.9 Å². The number of carbonyl (C=O) groups is 1. The normalized spacial score (nSPS) is 17.4. The number of hydrogen-bond donors (Lipinski definition) is 3. The predicted molar refractivity (Wildman–Crippen MR) is 176 cm³/mol. The van der Waals surface area contributed by atoms with Gasteiger partial charge in [0.05, 0.1) is 13.7 Å². The number of aliphatic hydroxyl groups excluding tert-OH is 1. The zero-order valence-electron chi connectivity index (χ0n) is 25.7. The van der Waals surface area contributed by atoms with E-state index in [0.717, 1.165) is 11.1 Å². The minimum atomic E-state index is -1.41. The average Bonchev–Trinajstić information content (AvgIpc) is 3.49. The molecular weight excluding hydrogens is 585 g/mol. The standard InChI is InChI=1S/C37H38FN3O5/c1-44-32-15-7-14-30(26-32)34-37(22-8-12-27-10-3-2-4-11-27,36(43)41-39-23-21-28-13-5-6-16-33(28)38)40-35(46-34)29-17-19-31(20-18-29)45-25-9-24-42/h2-8,10-20,26,34,39,42H,9,21-25H2,1H3,(H,41,43)/b12-8+/t34-,37-/m0/s1. The van der Waals surface area contributed by atoms with E-state index in [0.29, 0.717) is 54.5 Å². The third kappa shape index (κ3) is 7.99. The maximum absolute atomic E-state index is 14.3. The van der Waals surface area contributed by atoms with Crippen molar-refractivity contribution in [3.63, 3.8) is 0 Å². The maximum atomic E-state index is 14.3. The van der Waals surface area contributed by atoms with Crippen molar-refractivity contribution in [1.82, 2.24) is 10.9 Å². The van der Waals surface area contributed by atoms with Gasteiger partial charge in [0.1, 0.15) is 17.3 Å². The van der Waals surface area contributed by atoms with E-state index in [4.69, 9.17) is 24.3 Å². The molecular formula is C37H38FN3O5. The summed E-state index contributed by atoms with van der Waals surface area (Å²) in [4.78, 5) is 19.3. The topological polar surface area (TPSA) is 101 Å². The molecule has 0 saturated heterocycles. The second-order valence-corrected chi connectivity index (χ2v) is 10.8. The van der Waals surface area contributed by atoms with Crippen LogP contribution in [0.25, 0.3) is 6.08 Å². The molecule has 2 atom stereocenters. The first-order chi connectivity index (χ1) is 22.5. The SMILES string of the molecule is COc1cccc([C@@H]2OC(c3ccc(OCCCO)cc3)=N[C@]2(C/C=C/c2ccccc2)C(=O)NNCCc2ccccc2F)c1. The van der Waals surface area contributed by atoms with Gasteiger partial charge in [-0.25, -0.2) is 14.8 Å². The van der Waals surface area contributed by atoms with Crippen molar-refractivity contribution in [2.45, 2.75) is 30.9 Å². The molecule has 1 aliphatic rings. The van der Waals surface area contributed by atoms with Gasteiger partial charge < -0.3 is 19.3 Å². The molecule has 1 aliphatic heterocycles. The average molecular weight is 624 g/mol. The number of methoxy groups -OCH3 is 1. The summed E-state index contributed by atoms with van der Waals surface area (Å²) in [5.74, 6) is 0.888. The zero-order chi connectivity index (χ0) is 32.2. The molecule has 0 aromatic heterocycles. The molecule has 0 saturated carbocycles. The van der Waals surface area contributed by atoms with E-state index in [1.54, 1.807) is 37.4 Å². The molecule has 5 rings (SSSR count). The van der Waals surface area contributed by atoms with Gasteiger partial charge in [0.2, 0.25) is 5.90 Å². The van der Waals surface area contributed by atoms with Crippen LogP contribution < -0.4 is 20.3 Å². The largest absolute Gasteiger partial charge is 0.497 e. The van der Waals surface area contributed by atoms with Crippen LogP contribution in [0.3, 0.4) is 0 Å². The van der Waals surface area contributed by atoms with Crippen LogP contribution in [0, 0.1) is 5.82 Å². The number of carbonyl (C=O) groups excluding carboxylic acids is 1. The van der Waals surface area contributed by atoms with Crippen molar-refractivity contribution in [3.05, 3.63) is 137 Å². The Morgan fingerprint density at radius 3 is 2.54 bits per heavy atom. The highest BCUT2D eigenvalue weighted by Gasteiger charge is 2.52. The van der Waals surface area contributed by atoms with Gasteiger partial charge in [-0.15, -0.1) is 0 Å². The second kappa shape index (κ2) is 15.8. The van der Waals surface area contributed by atoms with Crippen LogP contribution in [0.5, 0.6) is 11.5 Å². The van der Waals surface area contributed by atoms with E-state index in [1.807, 2.05) is 78.9 Å². The van der Waals surface area contributed by atoms with E-state index in [-0.39, 0.29) is 18.8 Å². The Hall–Kier alpha value is -4.99. The Labute approximate surface area is 268 Å². The van der Waals surface area contributed by atoms with Crippen LogP contribution in [0.15, 0.2) is 114 Å². The van der Waals surface area contributed by atoms with Crippen LogP contribution in [0.1, 0.15) is 41.2 Å². The number of nitrogens with one attached hydrogen (secondary N) is 2. The van der Waals surface area contributed by atoms with E-state index >= 15 is 0 Å². The summed E-state index contributed by atoms with van der Waals surface area (Å²) in [6.45, 7) is 0.753. The molecule has 9 heteroatoms. The number of ether oxygens (including phenoxy) is 3. The third-order valence-electron chi connectivity index (χ3n) is 7.64. The first-order valence-electron chi connectivity index (χ1n) is 15.3. The molecule has 238 valence electrons. The van der Waals surface area contributed by atoms with Gasteiger partial charge in [0.25, 0.3) is 5.91 Å². The fourth-order valence-electron chi connectivity index (χ4n) is 5.21. The van der Waals surface area contributed by atoms with Crippen molar-refractivity contribution in [1.29, 1.82) is 0 Å². The number of aliphatic hydroxyl groups is 1. The number of amides is 1. The highest BCUT2D eigenvalue weighted by Crippen LogP contribution is 2.43. The minimum Gasteiger partial charge on any atom is -0.497 e. The number of hydrogen-bond acceptors (Lipinski definition) is 7. The van der Waals surface area contributed by atoms with Crippen molar-refractivity contribution in [2.24, 2.45) is 4.99 Å². The molecule has 0 spiro atoms. The third-order valence-corrected chi connectivity index (χ3v) is 7.64. The number of nitrogens with zero attached hydrogens (tertiary/aromatic N) is 1. The molecule has 0 aliphatic carbocycles. The number of hydrazine groups is 1. The zero-order valence-corrected chi connectivity index (χ0v) is 25.7. The highest BCUT2D eigenvalue weighted by molar-refractivity contribution is 6.01. The number of rotatable bonds is 15. The van der Waals surface area contributed by atoms with Crippen LogP contribution >= 0.6 is 0 Å². The lowest BCUT2D eigenvalue weighted by Gasteiger charge is -2.30. The summed E-state index contributed by atoms with van der Waals surface area (Å²) in [6, 6.07) is 31.1. The van der Waals surface area contributed by atoms with Gasteiger partial charge in [-0.3, -0.25) is 10.2 Å². The summed E-state index contributed by atoms with van der Waals surface area (Å²) in [5.41, 5.74) is 7.34. The Bertz CT molecular complexity index is 1640. The van der Waals surface area contributed by atoms with Crippen molar-refractivity contribution in [3.8, 4) is 11.5 Å². The van der Waals surface area contributed by atoms with E-state index < -0.39 is 17.6 Å². The fourth-order valence-corrected chi connectivity index (χ4v) is 5.21. The fraction of sp³-hybridized carbons (Fsp3) is 0.243. The molecule has 1 heterocycles. The predicted octanol–water partition coefficient (Wildman–Crippen LogP) is 5.82. The maximum Gasteiger partial charge on any atom is 0.266 e. The lowest BCUT2D eigenvalue weighted by Crippen LogP contribution is -2.52. The first kappa shape index (κ1) is 32.4. The Morgan fingerprint density at radius 2 is 1.78 bits per heavy atom. The van der Waals surface area contributed by atoms with Crippen molar-refractivity contribution < 1.29 is 28.5 Å². The lowest BCUT2D eigenvalue weighted by atomic mass is 9.84. The van der Waals surface area contributed by atoms with E-state index in [1.165, 1.54) is 6.07 Å². The molecule has 3 N–H and O–H groups in total. The molecule has 0 unspecified atom stereocenters. The van der Waals surface area contributed by atoms with Crippen LogP contribution in [-0.2, 0) is 16.0 Å². The van der Waals surface area contributed by atoms with Crippen molar-refractivity contribution in [2.75, 3.05) is 26.9 Å². The lowest BCUT2D eigenvalue weighted by molar-refractivity contribution is -0.129. The summed E-state index contributed by atoms with van der Waals surface area (Å²) in [6.07, 6.45) is 4.21.